The fourth-order valence-corrected chi connectivity index (χ4v) is 6.83. The number of benzene rings is 2. The first kappa shape index (κ1) is 38.3. The van der Waals surface area contributed by atoms with E-state index >= 15 is 0 Å². The largest absolute Gasteiger partial charge is 0.494 e. The number of nitrogens with zero attached hydrogens (tertiary/aromatic N) is 6. The third-order valence-corrected chi connectivity index (χ3v) is 9.58. The Morgan fingerprint density at radius 3 is 2.02 bits per heavy atom. The molecule has 266 valence electrons. The van der Waals surface area contributed by atoms with Gasteiger partial charge in [-0.15, -0.1) is 20.5 Å². The van der Waals surface area contributed by atoms with Gasteiger partial charge >= 0.3 is 11.9 Å². The molecule has 0 aliphatic carbocycles. The van der Waals surface area contributed by atoms with E-state index in [-0.39, 0.29) is 11.9 Å². The molecule has 0 saturated carbocycles. The Bertz CT molecular complexity index is 1650. The molecule has 0 spiro atoms. The first-order chi connectivity index (χ1) is 24.4. The predicted octanol–water partition coefficient (Wildman–Crippen LogP) is 11.2. The highest BCUT2D eigenvalue weighted by Gasteiger charge is 2.09. The Morgan fingerprint density at radius 2 is 1.40 bits per heavy atom. The monoisotopic (exact) mass is 718 g/mol. The molecule has 2 heterocycles. The highest BCUT2D eigenvalue weighted by molar-refractivity contribution is 7.30. The number of ether oxygens (including phenoxy) is 3. The van der Waals surface area contributed by atoms with Crippen LogP contribution in [0.1, 0.15) is 71.6 Å². The van der Waals surface area contributed by atoms with Gasteiger partial charge in [-0.1, -0.05) is 74.2 Å². The molecule has 4 aromatic rings. The van der Waals surface area contributed by atoms with Gasteiger partial charge in [0.1, 0.15) is 22.2 Å². The third kappa shape index (κ3) is 13.8. The third-order valence-electron chi connectivity index (χ3n) is 7.65. The quantitative estimate of drug-likeness (QED) is 0.0323. The highest BCUT2D eigenvalue weighted by atomic mass is 32.1. The summed E-state index contributed by atoms with van der Waals surface area (Å²) in [5, 5.41) is 18.8. The molecule has 2 aromatic carbocycles. The van der Waals surface area contributed by atoms with E-state index < -0.39 is 0 Å². The lowest BCUT2D eigenvalue weighted by atomic mass is 10.1. The molecule has 2 aromatic heterocycles. The van der Waals surface area contributed by atoms with E-state index in [0.717, 1.165) is 69.6 Å². The average Bonchev–Trinajstić information content (AvgIpc) is 3.69. The summed E-state index contributed by atoms with van der Waals surface area (Å²) in [7, 11) is 0. The lowest BCUT2D eigenvalue weighted by molar-refractivity contribution is -0.140. The maximum absolute atomic E-state index is 11.0. The Labute approximate surface area is 302 Å². The smallest absolute Gasteiger partial charge is 0.330 e. The summed E-state index contributed by atoms with van der Waals surface area (Å²) in [5.74, 6) is 0.221. The summed E-state index contributed by atoms with van der Waals surface area (Å²) in [4.78, 5) is 29.6. The molecule has 0 aliphatic rings. The fraction of sp³-hybridized carbons (Fsp3) is 0.432. The molecule has 0 bridgehead atoms. The number of unbranched alkanes of at least 4 members (excludes halogenated alkanes) is 8. The van der Waals surface area contributed by atoms with Crippen molar-refractivity contribution >= 4 is 71.3 Å². The second kappa shape index (κ2) is 21.6. The average molecular weight is 719 g/mol. The van der Waals surface area contributed by atoms with Gasteiger partial charge in [0.25, 0.3) is 0 Å². The molecule has 0 saturated heterocycles. The molecule has 13 heteroatoms. The number of likely N-dealkylation sites (N-methyl/N-ethyl adjacent to an activating group) is 1. The second-order valence-corrected chi connectivity index (χ2v) is 13.5. The summed E-state index contributed by atoms with van der Waals surface area (Å²) in [6.07, 6.45) is 11.5. The van der Waals surface area contributed by atoms with E-state index in [0.29, 0.717) is 31.5 Å². The lowest BCUT2D eigenvalue weighted by Gasteiger charge is -2.22. The van der Waals surface area contributed by atoms with E-state index in [4.69, 9.17) is 14.2 Å². The lowest BCUT2D eigenvalue weighted by Crippen LogP contribution is -2.27. The number of hydrogen-bond donors (Lipinski definition) is 0. The van der Waals surface area contributed by atoms with Crippen molar-refractivity contribution < 1.29 is 23.8 Å². The number of azo groups is 2. The first-order valence-electron chi connectivity index (χ1n) is 17.2. The first-order valence-corrected chi connectivity index (χ1v) is 18.8. The van der Waals surface area contributed by atoms with Gasteiger partial charge in [0, 0.05) is 25.2 Å². The van der Waals surface area contributed by atoms with Crippen LogP contribution in [0.5, 0.6) is 5.75 Å². The van der Waals surface area contributed by atoms with Crippen LogP contribution in [0.25, 0.3) is 9.53 Å². The van der Waals surface area contributed by atoms with Crippen molar-refractivity contribution in [3.8, 4) is 5.75 Å². The van der Waals surface area contributed by atoms with Gasteiger partial charge in [-0.3, -0.25) is 4.79 Å². The minimum atomic E-state index is -0.339. The van der Waals surface area contributed by atoms with E-state index in [1.807, 2.05) is 54.6 Å². The van der Waals surface area contributed by atoms with E-state index in [1.165, 1.54) is 67.8 Å². The van der Waals surface area contributed by atoms with Gasteiger partial charge in [0.05, 0.1) is 35.8 Å². The molecular formula is C37H46N6O5S2. The molecule has 0 radical (unpaired) electrons. The standard InChI is InChI=1S/C37H46N6O5S2/c1-4-35(45)48-25-14-12-10-8-6-7-9-11-13-24-47-32-21-17-30(18-22-32)39-41-34-27-33-36(50-34)38-37(49-33)42-40-29-15-19-31(20-16-29)43(5-2)23-26-46-28(3)44/h4,15-22,27H,1,5-14,23-26H2,2-3H3. The van der Waals surface area contributed by atoms with Crippen LogP contribution in [0.2, 0.25) is 0 Å². The van der Waals surface area contributed by atoms with Crippen LogP contribution in [0.15, 0.2) is 87.7 Å². The van der Waals surface area contributed by atoms with Crippen molar-refractivity contribution in [1.29, 1.82) is 0 Å². The number of thiophene rings is 1. The Hall–Kier alpha value is -4.49. The molecule has 0 fully saturated rings. The van der Waals surface area contributed by atoms with Crippen molar-refractivity contribution in [2.24, 2.45) is 20.5 Å². The molecule has 0 amide bonds. The van der Waals surface area contributed by atoms with Crippen molar-refractivity contribution in [3.63, 3.8) is 0 Å². The summed E-state index contributed by atoms with van der Waals surface area (Å²) in [6, 6.07) is 17.4. The molecule has 0 atom stereocenters. The Balaban J connectivity index is 1.11. The number of carbonyl (C=O) groups excluding carboxylic acids is 2. The number of carbonyl (C=O) groups is 2. The van der Waals surface area contributed by atoms with Crippen LogP contribution >= 0.6 is 22.7 Å². The van der Waals surface area contributed by atoms with E-state index in [2.05, 4.69) is 43.8 Å². The van der Waals surface area contributed by atoms with Gasteiger partial charge in [-0.25, -0.2) is 9.78 Å². The van der Waals surface area contributed by atoms with Crippen molar-refractivity contribution in [2.75, 3.05) is 37.8 Å². The number of anilines is 1. The van der Waals surface area contributed by atoms with Crippen LogP contribution < -0.4 is 9.64 Å². The van der Waals surface area contributed by atoms with E-state index in [1.54, 1.807) is 0 Å². The fourth-order valence-electron chi connectivity index (χ4n) is 4.98. The summed E-state index contributed by atoms with van der Waals surface area (Å²) in [5.41, 5.74) is 2.51. The number of fused-ring (bicyclic) bond motifs is 1. The van der Waals surface area contributed by atoms with Crippen LogP contribution in [0.4, 0.5) is 27.2 Å². The summed E-state index contributed by atoms with van der Waals surface area (Å²) < 4.78 is 17.0. The Kier molecular flexibility index (Phi) is 16.5. The topological polar surface area (TPSA) is 127 Å². The van der Waals surface area contributed by atoms with Gasteiger partial charge in [-0.2, -0.15) is 0 Å². The number of rotatable bonds is 23. The van der Waals surface area contributed by atoms with Crippen LogP contribution in [0.3, 0.4) is 0 Å². The summed E-state index contributed by atoms with van der Waals surface area (Å²) >= 11 is 2.92. The van der Waals surface area contributed by atoms with Crippen LogP contribution in [0, 0.1) is 0 Å². The van der Waals surface area contributed by atoms with Crippen LogP contribution in [-0.2, 0) is 19.1 Å². The zero-order valence-electron chi connectivity index (χ0n) is 28.9. The van der Waals surface area contributed by atoms with Crippen molar-refractivity contribution in [2.45, 2.75) is 71.6 Å². The van der Waals surface area contributed by atoms with Gasteiger partial charge in [-0.05, 0) is 74.4 Å². The number of esters is 2. The normalized spacial score (nSPS) is 11.4. The highest BCUT2D eigenvalue weighted by Crippen LogP contribution is 2.39. The molecule has 50 heavy (non-hydrogen) atoms. The van der Waals surface area contributed by atoms with Gasteiger partial charge < -0.3 is 19.1 Å². The maximum atomic E-state index is 11.0. The molecule has 0 aliphatic heterocycles. The van der Waals surface area contributed by atoms with E-state index in [9.17, 15) is 9.59 Å². The minimum Gasteiger partial charge on any atom is -0.494 e. The maximum Gasteiger partial charge on any atom is 0.330 e. The van der Waals surface area contributed by atoms with Crippen LogP contribution in [-0.4, -0.2) is 49.8 Å². The SMILES string of the molecule is C=CC(=O)OCCCCCCCCCCCOc1ccc(N=Nc2cc3sc(N=Nc4ccc(N(CC)CCOC(C)=O)cc4)nc3s2)cc1. The van der Waals surface area contributed by atoms with Crippen molar-refractivity contribution in [3.05, 3.63) is 67.3 Å². The molecule has 11 nitrogen and oxygen atoms in total. The number of hydrogen-bond acceptors (Lipinski definition) is 13. The molecule has 4 rings (SSSR count). The van der Waals surface area contributed by atoms with Gasteiger partial charge in [0.2, 0.25) is 5.13 Å². The molecule has 0 N–H and O–H groups in total. The molecular weight excluding hydrogens is 673 g/mol. The predicted molar refractivity (Wildman–Crippen MR) is 201 cm³/mol. The zero-order valence-corrected chi connectivity index (χ0v) is 30.6. The second-order valence-electron chi connectivity index (χ2n) is 11.5. The van der Waals surface area contributed by atoms with Gasteiger partial charge in [0.15, 0.2) is 0 Å². The zero-order chi connectivity index (χ0) is 35.4. The van der Waals surface area contributed by atoms with Crippen molar-refractivity contribution in [1.82, 2.24) is 4.98 Å². The summed E-state index contributed by atoms with van der Waals surface area (Å²) in [6.45, 7) is 9.83. The Morgan fingerprint density at radius 1 is 0.780 bits per heavy atom. The number of aromatic nitrogens is 1. The number of thiazole rings is 1. The minimum absolute atomic E-state index is 0.274. The molecule has 0 unspecified atom stereocenters.